The summed E-state index contributed by atoms with van der Waals surface area (Å²) in [7, 11) is 1.39. The lowest BCUT2D eigenvalue weighted by Gasteiger charge is -2.26. The topological polar surface area (TPSA) is 95.9 Å². The van der Waals surface area contributed by atoms with Gasteiger partial charge in [0.05, 0.1) is 12.8 Å². The lowest BCUT2D eigenvalue weighted by molar-refractivity contribution is -0.122. The second kappa shape index (κ2) is 6.95. The number of aromatic hydroxyl groups is 1. The minimum Gasteiger partial charge on any atom is -0.504 e. The van der Waals surface area contributed by atoms with Gasteiger partial charge in [-0.15, -0.1) is 0 Å². The van der Waals surface area contributed by atoms with Crippen LogP contribution < -0.4 is 15.0 Å². The van der Waals surface area contributed by atoms with Gasteiger partial charge in [-0.25, -0.2) is 9.69 Å². The van der Waals surface area contributed by atoms with E-state index in [9.17, 15) is 19.5 Å². The fourth-order valence-corrected chi connectivity index (χ4v) is 2.71. The van der Waals surface area contributed by atoms with Crippen molar-refractivity contribution in [2.75, 3.05) is 12.0 Å². The quantitative estimate of drug-likeness (QED) is 0.643. The van der Waals surface area contributed by atoms with Crippen LogP contribution in [0, 0.1) is 13.8 Å². The Morgan fingerprint density at radius 1 is 1.04 bits per heavy atom. The van der Waals surface area contributed by atoms with E-state index in [1.807, 2.05) is 13.8 Å². The SMILES string of the molecule is COc1cc(/C=C2\C(=O)NC(=O)N(c3ccc(C)c(C)c3)C2=O)ccc1O. The summed E-state index contributed by atoms with van der Waals surface area (Å²) in [5.41, 5.74) is 2.59. The van der Waals surface area contributed by atoms with E-state index in [2.05, 4.69) is 5.32 Å². The number of benzene rings is 2. The van der Waals surface area contributed by atoms with Crippen LogP contribution in [-0.4, -0.2) is 30.1 Å². The summed E-state index contributed by atoms with van der Waals surface area (Å²) in [5.74, 6) is -1.36. The number of hydrogen-bond acceptors (Lipinski definition) is 5. The zero-order chi connectivity index (χ0) is 19.7. The van der Waals surface area contributed by atoms with Gasteiger partial charge in [0.25, 0.3) is 11.8 Å². The van der Waals surface area contributed by atoms with Crippen molar-refractivity contribution in [1.82, 2.24) is 5.32 Å². The molecule has 3 rings (SSSR count). The van der Waals surface area contributed by atoms with Crippen LogP contribution in [-0.2, 0) is 9.59 Å². The summed E-state index contributed by atoms with van der Waals surface area (Å²) in [6, 6.07) is 8.77. The average Bonchev–Trinajstić information content (AvgIpc) is 2.62. The fourth-order valence-electron chi connectivity index (χ4n) is 2.71. The molecule has 1 saturated heterocycles. The van der Waals surface area contributed by atoms with Gasteiger partial charge in [-0.1, -0.05) is 12.1 Å². The highest BCUT2D eigenvalue weighted by Crippen LogP contribution is 2.28. The first-order valence-electron chi connectivity index (χ1n) is 8.17. The molecule has 1 aliphatic heterocycles. The number of carbonyl (C=O) groups excluding carboxylic acids is 3. The molecule has 2 N–H and O–H groups in total. The summed E-state index contributed by atoms with van der Waals surface area (Å²) >= 11 is 0. The summed E-state index contributed by atoms with van der Waals surface area (Å²) in [6.45, 7) is 3.79. The number of urea groups is 1. The van der Waals surface area contributed by atoms with Gasteiger partial charge in [0.1, 0.15) is 5.57 Å². The largest absolute Gasteiger partial charge is 0.504 e. The molecule has 138 valence electrons. The first kappa shape index (κ1) is 18.2. The number of nitrogens with one attached hydrogen (secondary N) is 1. The molecule has 2 aromatic carbocycles. The lowest BCUT2D eigenvalue weighted by atomic mass is 10.0. The zero-order valence-corrected chi connectivity index (χ0v) is 15.1. The average molecular weight is 366 g/mol. The highest BCUT2D eigenvalue weighted by molar-refractivity contribution is 6.39. The van der Waals surface area contributed by atoms with Gasteiger partial charge in [0.2, 0.25) is 0 Å². The third-order valence-corrected chi connectivity index (χ3v) is 4.37. The van der Waals surface area contributed by atoms with Crippen molar-refractivity contribution in [2.24, 2.45) is 0 Å². The zero-order valence-electron chi connectivity index (χ0n) is 15.1. The lowest BCUT2D eigenvalue weighted by Crippen LogP contribution is -2.54. The normalized spacial score (nSPS) is 15.9. The Labute approximate surface area is 155 Å². The molecule has 0 radical (unpaired) electrons. The van der Waals surface area contributed by atoms with Crippen LogP contribution in [0.5, 0.6) is 11.5 Å². The summed E-state index contributed by atoms with van der Waals surface area (Å²) in [4.78, 5) is 38.3. The molecule has 0 bridgehead atoms. The summed E-state index contributed by atoms with van der Waals surface area (Å²) in [5, 5.41) is 11.9. The first-order chi connectivity index (χ1) is 12.8. The molecule has 0 aromatic heterocycles. The number of ether oxygens (including phenoxy) is 1. The van der Waals surface area contributed by atoms with Gasteiger partial charge in [-0.05, 0) is 60.9 Å². The summed E-state index contributed by atoms with van der Waals surface area (Å²) < 4.78 is 5.03. The molecular weight excluding hydrogens is 348 g/mol. The smallest absolute Gasteiger partial charge is 0.335 e. The number of aryl methyl sites for hydroxylation is 2. The molecule has 4 amide bonds. The second-order valence-electron chi connectivity index (χ2n) is 6.16. The van der Waals surface area contributed by atoms with Crippen molar-refractivity contribution in [3.63, 3.8) is 0 Å². The van der Waals surface area contributed by atoms with Crippen molar-refractivity contribution >= 4 is 29.6 Å². The van der Waals surface area contributed by atoms with E-state index in [0.717, 1.165) is 16.0 Å². The summed E-state index contributed by atoms with van der Waals surface area (Å²) in [6.07, 6.45) is 1.35. The highest BCUT2D eigenvalue weighted by Gasteiger charge is 2.36. The van der Waals surface area contributed by atoms with Gasteiger partial charge in [0.15, 0.2) is 11.5 Å². The van der Waals surface area contributed by atoms with Gasteiger partial charge >= 0.3 is 6.03 Å². The van der Waals surface area contributed by atoms with E-state index in [1.54, 1.807) is 18.2 Å². The van der Waals surface area contributed by atoms with E-state index in [0.29, 0.717) is 11.3 Å². The highest BCUT2D eigenvalue weighted by atomic mass is 16.5. The molecule has 7 heteroatoms. The van der Waals surface area contributed by atoms with Gasteiger partial charge in [-0.2, -0.15) is 0 Å². The first-order valence-corrected chi connectivity index (χ1v) is 8.17. The van der Waals surface area contributed by atoms with E-state index in [-0.39, 0.29) is 17.1 Å². The Morgan fingerprint density at radius 2 is 1.78 bits per heavy atom. The van der Waals surface area contributed by atoms with Crippen molar-refractivity contribution < 1.29 is 24.2 Å². The van der Waals surface area contributed by atoms with Crippen LogP contribution in [0.3, 0.4) is 0 Å². The number of carbonyl (C=O) groups is 3. The number of phenols is 1. The molecule has 0 spiro atoms. The molecule has 1 aliphatic rings. The molecular formula is C20H18N2O5. The third kappa shape index (κ3) is 3.39. The number of nitrogens with zero attached hydrogens (tertiary/aromatic N) is 1. The molecule has 0 atom stereocenters. The van der Waals surface area contributed by atoms with Crippen LogP contribution >= 0.6 is 0 Å². The van der Waals surface area contributed by atoms with Gasteiger partial charge in [0, 0.05) is 0 Å². The predicted octanol–water partition coefficient (Wildman–Crippen LogP) is 2.68. The van der Waals surface area contributed by atoms with Crippen molar-refractivity contribution in [3.05, 3.63) is 58.7 Å². The van der Waals surface area contributed by atoms with Crippen LogP contribution in [0.4, 0.5) is 10.5 Å². The maximum absolute atomic E-state index is 12.9. The molecule has 1 fully saturated rings. The second-order valence-corrected chi connectivity index (χ2v) is 6.16. The molecule has 1 heterocycles. The number of imide groups is 2. The Hall–Kier alpha value is -3.61. The number of rotatable bonds is 3. The Bertz CT molecular complexity index is 994. The molecule has 27 heavy (non-hydrogen) atoms. The van der Waals surface area contributed by atoms with Crippen molar-refractivity contribution in [3.8, 4) is 11.5 Å². The molecule has 7 nitrogen and oxygen atoms in total. The van der Waals surface area contributed by atoms with Crippen LogP contribution in [0.1, 0.15) is 16.7 Å². The van der Waals surface area contributed by atoms with Gasteiger partial charge < -0.3 is 9.84 Å². The number of anilines is 1. The molecule has 2 aromatic rings. The number of barbiturate groups is 1. The van der Waals surface area contributed by atoms with E-state index in [4.69, 9.17) is 4.74 Å². The number of amides is 4. The minimum absolute atomic E-state index is 0.0639. The number of methoxy groups -OCH3 is 1. The van der Waals surface area contributed by atoms with Crippen LogP contribution in [0.2, 0.25) is 0 Å². The van der Waals surface area contributed by atoms with E-state index < -0.39 is 17.8 Å². The number of hydrogen-bond donors (Lipinski definition) is 2. The maximum atomic E-state index is 12.9. The standard InChI is InChI=1S/C20H18N2O5/c1-11-4-6-14(8-12(11)2)22-19(25)15(18(24)21-20(22)26)9-13-5-7-16(23)17(10-13)27-3/h4-10,23H,1-3H3,(H,21,24,26)/b15-9+. The predicted molar refractivity (Wildman–Crippen MR) is 99.6 cm³/mol. The Balaban J connectivity index is 2.03. The van der Waals surface area contributed by atoms with Crippen molar-refractivity contribution in [1.29, 1.82) is 0 Å². The number of phenolic OH excluding ortho intramolecular Hbond substituents is 1. The van der Waals surface area contributed by atoms with E-state index in [1.165, 1.54) is 31.4 Å². The van der Waals surface area contributed by atoms with Crippen LogP contribution in [0.15, 0.2) is 42.0 Å². The van der Waals surface area contributed by atoms with Gasteiger partial charge in [-0.3, -0.25) is 14.9 Å². The Kier molecular flexibility index (Phi) is 4.68. The molecule has 0 aliphatic carbocycles. The molecule has 0 saturated carbocycles. The van der Waals surface area contributed by atoms with E-state index >= 15 is 0 Å². The van der Waals surface area contributed by atoms with Crippen LogP contribution in [0.25, 0.3) is 6.08 Å². The fraction of sp³-hybridized carbons (Fsp3) is 0.150. The third-order valence-electron chi connectivity index (χ3n) is 4.37. The Morgan fingerprint density at radius 3 is 2.44 bits per heavy atom. The minimum atomic E-state index is -0.798. The maximum Gasteiger partial charge on any atom is 0.335 e. The molecule has 0 unspecified atom stereocenters. The monoisotopic (exact) mass is 366 g/mol. The van der Waals surface area contributed by atoms with Crippen molar-refractivity contribution in [2.45, 2.75) is 13.8 Å².